The van der Waals surface area contributed by atoms with E-state index in [-0.39, 0.29) is 24.8 Å². The third-order valence-corrected chi connectivity index (χ3v) is 5.21. The lowest BCUT2D eigenvalue weighted by Crippen LogP contribution is -2.11. The van der Waals surface area contributed by atoms with E-state index in [9.17, 15) is 0 Å². The number of nitrogens with zero attached hydrogens (tertiary/aromatic N) is 2. The molecule has 1 aliphatic rings. The molecular formula is C25H22Cl2N2. The normalized spacial score (nSPS) is 14.9. The van der Waals surface area contributed by atoms with Gasteiger partial charge in [-0.05, 0) is 59.0 Å². The van der Waals surface area contributed by atoms with Gasteiger partial charge in [0.15, 0.2) is 0 Å². The summed E-state index contributed by atoms with van der Waals surface area (Å²) in [5.41, 5.74) is 5.92. The number of hydrogen-bond acceptors (Lipinski definition) is 2. The van der Waals surface area contributed by atoms with E-state index in [2.05, 4.69) is 77.8 Å². The van der Waals surface area contributed by atoms with Gasteiger partial charge < -0.3 is 0 Å². The first-order valence-electron chi connectivity index (χ1n) is 9.47. The van der Waals surface area contributed by atoms with E-state index >= 15 is 0 Å². The van der Waals surface area contributed by atoms with Crippen LogP contribution in [0.15, 0.2) is 89.6 Å². The summed E-state index contributed by atoms with van der Waals surface area (Å²) in [6, 6.07) is 25.6. The highest BCUT2D eigenvalue weighted by atomic mass is 35.5. The summed E-state index contributed by atoms with van der Waals surface area (Å²) in [5.74, 6) is 0. The van der Waals surface area contributed by atoms with Gasteiger partial charge in [0.05, 0.1) is 11.2 Å². The maximum Gasteiger partial charge on any atom is 0.0702 e. The molecule has 0 unspecified atom stereocenters. The van der Waals surface area contributed by atoms with Crippen LogP contribution >= 0.6 is 24.8 Å². The molecule has 0 spiro atoms. The monoisotopic (exact) mass is 420 g/mol. The molecule has 0 aliphatic carbocycles. The molecule has 0 saturated heterocycles. The van der Waals surface area contributed by atoms with Gasteiger partial charge in [-0.1, -0.05) is 54.6 Å². The molecule has 0 amide bonds. The summed E-state index contributed by atoms with van der Waals surface area (Å²) in [5, 5.41) is 3.73. The lowest BCUT2D eigenvalue weighted by molar-refractivity contribution is 0.818. The minimum absolute atomic E-state index is 0. The number of halogens is 2. The quantitative estimate of drug-likeness (QED) is 0.346. The van der Waals surface area contributed by atoms with Crippen LogP contribution in [0.25, 0.3) is 27.8 Å². The Morgan fingerprint density at radius 2 is 1.62 bits per heavy atom. The molecule has 0 atom stereocenters. The van der Waals surface area contributed by atoms with Crippen molar-refractivity contribution in [1.29, 1.82) is 0 Å². The number of benzene rings is 3. The van der Waals surface area contributed by atoms with Crippen molar-refractivity contribution in [3.8, 4) is 0 Å². The van der Waals surface area contributed by atoms with Crippen LogP contribution in [0.4, 0.5) is 0 Å². The Kier molecular flexibility index (Phi) is 6.68. The average Bonchev–Trinajstić information content (AvgIpc) is 2.74. The first-order chi connectivity index (χ1) is 13.4. The van der Waals surface area contributed by atoms with Crippen LogP contribution in [0.5, 0.6) is 0 Å². The molecule has 4 heteroatoms. The Morgan fingerprint density at radius 3 is 2.55 bits per heavy atom. The third kappa shape index (κ3) is 4.19. The fraction of sp³-hybridized carbons (Fsp3) is 0.120. The molecule has 0 N–H and O–H groups in total. The Balaban J connectivity index is 0.00000120. The molecule has 29 heavy (non-hydrogen) atoms. The predicted octanol–water partition coefficient (Wildman–Crippen LogP) is 6.90. The molecule has 1 aliphatic heterocycles. The highest BCUT2D eigenvalue weighted by Crippen LogP contribution is 2.27. The zero-order valence-electron chi connectivity index (χ0n) is 15.9. The summed E-state index contributed by atoms with van der Waals surface area (Å²) < 4.78 is 0. The van der Waals surface area contributed by atoms with Gasteiger partial charge >= 0.3 is 0 Å². The SMILES string of the molecule is C(=C1CCCN=C1c1ccc2ncccc2c1)c1cccc2ccccc12.Cl.Cl. The zero-order valence-corrected chi connectivity index (χ0v) is 17.5. The standard InChI is InChI=1S/C25H20N2.2ClH/c1-2-11-23-18(6-1)7-3-8-19(23)16-21-10-5-15-27-25(21)22-12-13-24-20(17-22)9-4-14-26-24;;/h1-4,6-9,11-14,16-17H,5,10,15H2;2*1H. The van der Waals surface area contributed by atoms with E-state index in [0.29, 0.717) is 0 Å². The lowest BCUT2D eigenvalue weighted by Gasteiger charge is -2.17. The van der Waals surface area contributed by atoms with Crippen molar-refractivity contribution in [2.45, 2.75) is 12.8 Å². The van der Waals surface area contributed by atoms with E-state index in [1.165, 1.54) is 27.5 Å². The zero-order chi connectivity index (χ0) is 18.1. The molecule has 2 heterocycles. The van der Waals surface area contributed by atoms with Gasteiger partial charge in [0.1, 0.15) is 0 Å². The van der Waals surface area contributed by atoms with Crippen LogP contribution in [-0.4, -0.2) is 17.2 Å². The summed E-state index contributed by atoms with van der Waals surface area (Å²) in [6.07, 6.45) is 6.34. The molecule has 2 nitrogen and oxygen atoms in total. The number of rotatable bonds is 2. The minimum atomic E-state index is 0. The second-order valence-corrected chi connectivity index (χ2v) is 6.98. The number of fused-ring (bicyclic) bond motifs is 2. The van der Waals surface area contributed by atoms with Crippen LogP contribution in [-0.2, 0) is 0 Å². The van der Waals surface area contributed by atoms with Gasteiger partial charge in [0.25, 0.3) is 0 Å². The average molecular weight is 421 g/mol. The van der Waals surface area contributed by atoms with E-state index in [1.54, 1.807) is 0 Å². The van der Waals surface area contributed by atoms with E-state index in [1.807, 2.05) is 12.3 Å². The van der Waals surface area contributed by atoms with Crippen LogP contribution in [0.2, 0.25) is 0 Å². The molecule has 146 valence electrons. The summed E-state index contributed by atoms with van der Waals surface area (Å²) in [4.78, 5) is 9.33. The maximum absolute atomic E-state index is 4.89. The van der Waals surface area contributed by atoms with E-state index in [4.69, 9.17) is 4.99 Å². The number of hydrogen-bond donors (Lipinski definition) is 0. The summed E-state index contributed by atoms with van der Waals surface area (Å²) >= 11 is 0. The van der Waals surface area contributed by atoms with Crippen molar-refractivity contribution in [3.05, 3.63) is 95.7 Å². The predicted molar refractivity (Wildman–Crippen MR) is 129 cm³/mol. The lowest BCUT2D eigenvalue weighted by atomic mass is 9.92. The highest BCUT2D eigenvalue weighted by molar-refractivity contribution is 6.17. The Bertz CT molecular complexity index is 1210. The van der Waals surface area contributed by atoms with Crippen molar-refractivity contribution in [2.24, 2.45) is 4.99 Å². The van der Waals surface area contributed by atoms with Crippen molar-refractivity contribution in [1.82, 2.24) is 4.98 Å². The molecular weight excluding hydrogens is 399 g/mol. The van der Waals surface area contributed by atoms with Crippen LogP contribution in [0.1, 0.15) is 24.0 Å². The third-order valence-electron chi connectivity index (χ3n) is 5.21. The van der Waals surface area contributed by atoms with Crippen LogP contribution < -0.4 is 0 Å². The minimum Gasteiger partial charge on any atom is -0.284 e. The molecule has 0 radical (unpaired) electrons. The molecule has 0 fully saturated rings. The van der Waals surface area contributed by atoms with Crippen LogP contribution in [0, 0.1) is 0 Å². The second kappa shape index (κ2) is 9.21. The highest BCUT2D eigenvalue weighted by Gasteiger charge is 2.15. The maximum atomic E-state index is 4.89. The van der Waals surface area contributed by atoms with E-state index < -0.39 is 0 Å². The van der Waals surface area contributed by atoms with Crippen molar-refractivity contribution < 1.29 is 0 Å². The number of allylic oxidation sites excluding steroid dienone is 1. The molecule has 3 aromatic carbocycles. The number of aliphatic imine (C=N–C) groups is 1. The molecule has 0 bridgehead atoms. The topological polar surface area (TPSA) is 25.2 Å². The van der Waals surface area contributed by atoms with Gasteiger partial charge in [-0.25, -0.2) is 0 Å². The first-order valence-corrected chi connectivity index (χ1v) is 9.47. The van der Waals surface area contributed by atoms with Gasteiger partial charge in [-0.2, -0.15) is 0 Å². The Labute approximate surface area is 183 Å². The fourth-order valence-electron chi connectivity index (χ4n) is 3.88. The Hall–Kier alpha value is -2.68. The van der Waals surface area contributed by atoms with Gasteiger partial charge in [0.2, 0.25) is 0 Å². The molecule has 1 aromatic heterocycles. The van der Waals surface area contributed by atoms with Crippen molar-refractivity contribution in [2.75, 3.05) is 6.54 Å². The molecule has 4 aromatic rings. The van der Waals surface area contributed by atoms with Crippen LogP contribution in [0.3, 0.4) is 0 Å². The van der Waals surface area contributed by atoms with Gasteiger partial charge in [0, 0.05) is 23.7 Å². The smallest absolute Gasteiger partial charge is 0.0702 e. The fourth-order valence-corrected chi connectivity index (χ4v) is 3.88. The van der Waals surface area contributed by atoms with E-state index in [0.717, 1.165) is 36.0 Å². The number of aromatic nitrogens is 1. The molecule has 0 saturated carbocycles. The summed E-state index contributed by atoms with van der Waals surface area (Å²) in [7, 11) is 0. The van der Waals surface area contributed by atoms with Gasteiger partial charge in [-0.3, -0.25) is 9.98 Å². The summed E-state index contributed by atoms with van der Waals surface area (Å²) in [6.45, 7) is 0.896. The largest absolute Gasteiger partial charge is 0.284 e. The first kappa shape index (κ1) is 21.0. The number of pyridine rings is 1. The second-order valence-electron chi connectivity index (χ2n) is 6.98. The van der Waals surface area contributed by atoms with Crippen molar-refractivity contribution in [3.63, 3.8) is 0 Å². The Morgan fingerprint density at radius 1 is 0.793 bits per heavy atom. The van der Waals surface area contributed by atoms with Gasteiger partial charge in [-0.15, -0.1) is 24.8 Å². The van der Waals surface area contributed by atoms with Crippen molar-refractivity contribution >= 4 is 58.3 Å². The molecule has 5 rings (SSSR count).